The summed E-state index contributed by atoms with van der Waals surface area (Å²) < 4.78 is 0. The van der Waals surface area contributed by atoms with E-state index in [0.717, 1.165) is 18.5 Å². The molecule has 21 heavy (non-hydrogen) atoms. The van der Waals surface area contributed by atoms with E-state index in [1.165, 1.54) is 27.8 Å². The van der Waals surface area contributed by atoms with E-state index in [1.807, 2.05) is 6.20 Å². The number of nitrogens with zero attached hydrogens (tertiary/aromatic N) is 1. The van der Waals surface area contributed by atoms with Crippen LogP contribution in [-0.2, 0) is 12.8 Å². The van der Waals surface area contributed by atoms with Gasteiger partial charge >= 0.3 is 0 Å². The highest BCUT2D eigenvalue weighted by Crippen LogP contribution is 2.39. The quantitative estimate of drug-likeness (QED) is 0.603. The summed E-state index contributed by atoms with van der Waals surface area (Å²) in [7, 11) is 0. The van der Waals surface area contributed by atoms with Crippen LogP contribution < -0.4 is 5.73 Å². The monoisotopic (exact) mass is 275 g/mol. The maximum absolute atomic E-state index is 6.45. The number of aromatic amines is 1. The van der Waals surface area contributed by atoms with Crippen LogP contribution in [0.5, 0.6) is 0 Å². The molecular weight excluding hydrogens is 258 g/mol. The Kier molecular flexibility index (Phi) is 2.86. The van der Waals surface area contributed by atoms with Gasteiger partial charge in [0.25, 0.3) is 0 Å². The minimum absolute atomic E-state index is 0.00490. The lowest BCUT2D eigenvalue weighted by Gasteiger charge is -2.15. The molecule has 1 aliphatic rings. The second kappa shape index (κ2) is 4.86. The van der Waals surface area contributed by atoms with E-state index in [4.69, 9.17) is 5.73 Å². The minimum atomic E-state index is -0.00490. The highest BCUT2D eigenvalue weighted by Gasteiger charge is 2.22. The van der Waals surface area contributed by atoms with Gasteiger partial charge in [0.2, 0.25) is 0 Å². The molecule has 3 N–H and O–H groups in total. The lowest BCUT2D eigenvalue weighted by atomic mass is 9.94. The van der Waals surface area contributed by atoms with Crippen LogP contribution in [0.25, 0.3) is 11.1 Å². The Morgan fingerprint density at radius 2 is 1.95 bits per heavy atom. The zero-order chi connectivity index (χ0) is 14.2. The second-order valence-corrected chi connectivity index (χ2v) is 5.59. The van der Waals surface area contributed by atoms with Crippen LogP contribution in [0.15, 0.2) is 55.0 Å². The highest BCUT2D eigenvalue weighted by molar-refractivity contribution is 5.78. The molecule has 1 unspecified atom stereocenters. The van der Waals surface area contributed by atoms with Gasteiger partial charge in [-0.25, -0.2) is 4.98 Å². The molecule has 3 heteroatoms. The van der Waals surface area contributed by atoms with Gasteiger partial charge in [-0.3, -0.25) is 0 Å². The Morgan fingerprint density at radius 1 is 1.10 bits per heavy atom. The van der Waals surface area contributed by atoms with Crippen LogP contribution in [0.1, 0.15) is 28.4 Å². The Bertz CT molecular complexity index is 775. The van der Waals surface area contributed by atoms with Crippen LogP contribution in [0, 0.1) is 0 Å². The maximum Gasteiger partial charge on any atom is 0.0921 e. The first kappa shape index (κ1) is 12.4. The Labute approximate surface area is 123 Å². The molecule has 3 nitrogen and oxygen atoms in total. The van der Waals surface area contributed by atoms with Gasteiger partial charge in [0.15, 0.2) is 0 Å². The van der Waals surface area contributed by atoms with Gasteiger partial charge in [-0.05, 0) is 34.2 Å². The smallest absolute Gasteiger partial charge is 0.0921 e. The molecule has 4 rings (SSSR count). The van der Waals surface area contributed by atoms with Crippen molar-refractivity contribution in [1.82, 2.24) is 9.97 Å². The fourth-order valence-corrected chi connectivity index (χ4v) is 3.27. The van der Waals surface area contributed by atoms with Crippen molar-refractivity contribution >= 4 is 0 Å². The fourth-order valence-electron chi connectivity index (χ4n) is 3.27. The van der Waals surface area contributed by atoms with Crippen LogP contribution >= 0.6 is 0 Å². The first-order valence-corrected chi connectivity index (χ1v) is 7.26. The molecule has 0 amide bonds. The molecule has 0 radical (unpaired) electrons. The second-order valence-electron chi connectivity index (χ2n) is 5.59. The Morgan fingerprint density at radius 3 is 2.81 bits per heavy atom. The lowest BCUT2D eigenvalue weighted by molar-refractivity contribution is 0.703. The van der Waals surface area contributed by atoms with E-state index in [0.29, 0.717) is 0 Å². The van der Waals surface area contributed by atoms with E-state index >= 15 is 0 Å². The third-order valence-electron chi connectivity index (χ3n) is 4.28. The lowest BCUT2D eigenvalue weighted by Crippen LogP contribution is -2.15. The molecule has 1 aliphatic carbocycles. The van der Waals surface area contributed by atoms with Crippen molar-refractivity contribution in [3.8, 4) is 11.1 Å². The van der Waals surface area contributed by atoms with Gasteiger partial charge in [-0.2, -0.15) is 0 Å². The highest BCUT2D eigenvalue weighted by atomic mass is 14.9. The maximum atomic E-state index is 6.45. The number of fused-ring (bicyclic) bond motifs is 3. The van der Waals surface area contributed by atoms with Gasteiger partial charge in [0.1, 0.15) is 0 Å². The van der Waals surface area contributed by atoms with Gasteiger partial charge in [0.05, 0.1) is 6.33 Å². The number of benzene rings is 2. The number of H-pyrrole nitrogens is 1. The van der Waals surface area contributed by atoms with Crippen molar-refractivity contribution < 1.29 is 0 Å². The molecule has 1 aromatic heterocycles. The van der Waals surface area contributed by atoms with Crippen LogP contribution in [-0.4, -0.2) is 9.97 Å². The molecule has 3 aromatic rings. The van der Waals surface area contributed by atoms with Gasteiger partial charge in [0, 0.05) is 24.4 Å². The van der Waals surface area contributed by atoms with E-state index in [-0.39, 0.29) is 6.04 Å². The third kappa shape index (κ3) is 2.06. The fraction of sp³-hybridized carbons (Fsp3) is 0.167. The number of rotatable bonds is 3. The van der Waals surface area contributed by atoms with Crippen LogP contribution in [0.3, 0.4) is 0 Å². The average molecular weight is 275 g/mol. The summed E-state index contributed by atoms with van der Waals surface area (Å²) in [5, 5.41) is 0. The van der Waals surface area contributed by atoms with Crippen molar-refractivity contribution in [1.29, 1.82) is 0 Å². The molecule has 0 bridgehead atoms. The van der Waals surface area contributed by atoms with Crippen molar-refractivity contribution in [2.75, 3.05) is 0 Å². The number of nitrogens with two attached hydrogens (primary N) is 1. The van der Waals surface area contributed by atoms with Crippen LogP contribution in [0.4, 0.5) is 0 Å². The zero-order valence-electron chi connectivity index (χ0n) is 11.7. The normalized spacial score (nSPS) is 13.8. The van der Waals surface area contributed by atoms with Crippen molar-refractivity contribution in [2.45, 2.75) is 18.9 Å². The molecule has 104 valence electrons. The largest absolute Gasteiger partial charge is 0.348 e. The predicted octanol–water partition coefficient (Wildman–Crippen LogP) is 3.22. The standard InChI is InChI=1S/C18H17N3/c19-18(9-13-10-20-11-21-13)16-7-3-6-15-14-5-2-1-4-12(14)8-17(15)16/h1-7,10-11,18H,8-9,19H2,(H,20,21). The molecule has 0 spiro atoms. The van der Waals surface area contributed by atoms with Gasteiger partial charge in [-0.15, -0.1) is 0 Å². The van der Waals surface area contributed by atoms with Crippen molar-refractivity contribution in [3.63, 3.8) is 0 Å². The number of aromatic nitrogens is 2. The molecule has 0 fully saturated rings. The summed E-state index contributed by atoms with van der Waals surface area (Å²) in [6, 6.07) is 15.1. The molecular formula is C18H17N3. The summed E-state index contributed by atoms with van der Waals surface area (Å²) in [5.74, 6) is 0. The van der Waals surface area contributed by atoms with Crippen molar-refractivity contribution in [3.05, 3.63) is 77.4 Å². The summed E-state index contributed by atoms with van der Waals surface area (Å²) in [6.07, 6.45) is 5.32. The molecule has 0 saturated heterocycles. The number of nitrogens with one attached hydrogen (secondary N) is 1. The number of imidazole rings is 1. The average Bonchev–Trinajstić information content (AvgIpc) is 3.13. The first-order chi connectivity index (χ1) is 10.3. The van der Waals surface area contributed by atoms with Crippen LogP contribution in [0.2, 0.25) is 0 Å². The molecule has 1 atom stereocenters. The molecule has 2 aromatic carbocycles. The third-order valence-corrected chi connectivity index (χ3v) is 4.28. The molecule has 1 heterocycles. The van der Waals surface area contributed by atoms with E-state index < -0.39 is 0 Å². The SMILES string of the molecule is NC(Cc1cnc[nH]1)c1cccc2c1Cc1ccccc1-2. The molecule has 0 aliphatic heterocycles. The summed E-state index contributed by atoms with van der Waals surface area (Å²) in [4.78, 5) is 7.19. The van der Waals surface area contributed by atoms with E-state index in [2.05, 4.69) is 52.4 Å². The first-order valence-electron chi connectivity index (χ1n) is 7.26. The summed E-state index contributed by atoms with van der Waals surface area (Å²) in [5.41, 5.74) is 14.2. The Hall–Kier alpha value is -2.39. The molecule has 0 saturated carbocycles. The topological polar surface area (TPSA) is 54.7 Å². The van der Waals surface area contributed by atoms with Crippen molar-refractivity contribution in [2.24, 2.45) is 5.73 Å². The Balaban J connectivity index is 1.72. The van der Waals surface area contributed by atoms with E-state index in [9.17, 15) is 0 Å². The minimum Gasteiger partial charge on any atom is -0.348 e. The van der Waals surface area contributed by atoms with Gasteiger partial charge in [-0.1, -0.05) is 42.5 Å². The summed E-state index contributed by atoms with van der Waals surface area (Å²) in [6.45, 7) is 0. The summed E-state index contributed by atoms with van der Waals surface area (Å²) >= 11 is 0. The van der Waals surface area contributed by atoms with E-state index in [1.54, 1.807) is 6.33 Å². The zero-order valence-corrected chi connectivity index (χ0v) is 11.7. The van der Waals surface area contributed by atoms with Gasteiger partial charge < -0.3 is 10.7 Å². The predicted molar refractivity (Wildman–Crippen MR) is 83.9 cm³/mol. The number of hydrogen-bond donors (Lipinski definition) is 2. The number of hydrogen-bond acceptors (Lipinski definition) is 2.